The summed E-state index contributed by atoms with van der Waals surface area (Å²) >= 11 is 0. The molecule has 104 valence electrons. The largest absolute Gasteiger partial charge is 0.481 e. The van der Waals surface area contributed by atoms with Gasteiger partial charge >= 0.3 is 23.9 Å². The normalized spacial score (nSPS) is 7.78. The maximum atomic E-state index is 9.64. The topological polar surface area (TPSA) is 149 Å². The summed E-state index contributed by atoms with van der Waals surface area (Å²) in [6, 6.07) is 0. The van der Waals surface area contributed by atoms with Crippen LogP contribution in [-0.4, -0.2) is 44.3 Å². The van der Waals surface area contributed by atoms with Gasteiger partial charge in [0.1, 0.15) is 0 Å². The van der Waals surface area contributed by atoms with Crippen molar-refractivity contribution in [1.82, 2.24) is 0 Å². The summed E-state index contributed by atoms with van der Waals surface area (Å²) in [6.45, 7) is 6.00. The lowest BCUT2D eigenvalue weighted by atomic mass is 10.3. The van der Waals surface area contributed by atoms with Gasteiger partial charge in [0.2, 0.25) is 0 Å². The van der Waals surface area contributed by atoms with Crippen LogP contribution < -0.4 is 0 Å². The first-order chi connectivity index (χ1) is 8.25. The fourth-order valence-electron chi connectivity index (χ4n) is 0.428. The average molecular weight is 264 g/mol. The van der Waals surface area contributed by atoms with E-state index in [-0.39, 0.29) is 25.7 Å². The molecule has 8 heteroatoms. The highest BCUT2D eigenvalue weighted by molar-refractivity contribution is 5.75. The van der Waals surface area contributed by atoms with Gasteiger partial charge in [-0.1, -0.05) is 0 Å². The van der Waals surface area contributed by atoms with E-state index in [4.69, 9.17) is 20.4 Å². The van der Waals surface area contributed by atoms with E-state index < -0.39 is 23.9 Å². The number of aliphatic carboxylic acids is 4. The maximum absolute atomic E-state index is 9.64. The van der Waals surface area contributed by atoms with Gasteiger partial charge in [-0.25, -0.2) is 0 Å². The van der Waals surface area contributed by atoms with Crippen LogP contribution in [0.4, 0.5) is 0 Å². The molecular formula is C10H16O8. The van der Waals surface area contributed by atoms with Crippen molar-refractivity contribution in [2.45, 2.75) is 25.7 Å². The minimum Gasteiger partial charge on any atom is -0.481 e. The third-order valence-corrected chi connectivity index (χ3v) is 1.11. The summed E-state index contributed by atoms with van der Waals surface area (Å²) in [7, 11) is 0. The lowest BCUT2D eigenvalue weighted by molar-refractivity contribution is -0.143. The van der Waals surface area contributed by atoms with Crippen LogP contribution in [0.1, 0.15) is 25.7 Å². The Hall–Kier alpha value is -2.38. The minimum atomic E-state index is -1.08. The van der Waals surface area contributed by atoms with E-state index in [1.165, 1.54) is 0 Å². The third-order valence-electron chi connectivity index (χ3n) is 1.11. The average Bonchev–Trinajstić information content (AvgIpc) is 2.27. The quantitative estimate of drug-likeness (QED) is 0.511. The number of hydrogen-bond acceptors (Lipinski definition) is 4. The molecule has 8 nitrogen and oxygen atoms in total. The fraction of sp³-hybridized carbons (Fsp3) is 0.400. The van der Waals surface area contributed by atoms with Crippen molar-refractivity contribution >= 4 is 23.9 Å². The zero-order valence-corrected chi connectivity index (χ0v) is 9.66. The molecule has 0 saturated heterocycles. The summed E-state index contributed by atoms with van der Waals surface area (Å²) in [6.07, 6.45) is -1.19. The van der Waals surface area contributed by atoms with Crippen LogP contribution in [0, 0.1) is 0 Å². The van der Waals surface area contributed by atoms with Crippen molar-refractivity contribution in [1.29, 1.82) is 0 Å². The maximum Gasteiger partial charge on any atom is 0.303 e. The summed E-state index contributed by atoms with van der Waals surface area (Å²) in [4.78, 5) is 38.6. The standard InChI is InChI=1S/2C4H6O4.C2H4/c2*5-3(6)1-2-4(7)8;1-2/h2*1-2H2,(H,5,6)(H,7,8);1-2H2. The first-order valence-electron chi connectivity index (χ1n) is 4.63. The zero-order valence-electron chi connectivity index (χ0n) is 9.66. The first-order valence-corrected chi connectivity index (χ1v) is 4.63. The molecule has 0 rings (SSSR count). The molecule has 0 aromatic carbocycles. The Labute approximate surface area is 103 Å². The Balaban J connectivity index is -0.000000219. The van der Waals surface area contributed by atoms with Crippen molar-refractivity contribution in [3.8, 4) is 0 Å². The third kappa shape index (κ3) is 37.4. The van der Waals surface area contributed by atoms with Crippen molar-refractivity contribution < 1.29 is 39.6 Å². The molecule has 0 fully saturated rings. The lowest BCUT2D eigenvalue weighted by Gasteiger charge is -1.85. The van der Waals surface area contributed by atoms with Crippen molar-refractivity contribution in [3.63, 3.8) is 0 Å². The first kappa shape index (κ1) is 21.0. The molecule has 0 aromatic heterocycles. The van der Waals surface area contributed by atoms with Gasteiger partial charge in [0, 0.05) is 0 Å². The summed E-state index contributed by atoms with van der Waals surface area (Å²) in [5.41, 5.74) is 0. The Morgan fingerprint density at radius 3 is 0.722 bits per heavy atom. The molecule has 0 aliphatic carbocycles. The highest BCUT2D eigenvalue weighted by Gasteiger charge is 2.00. The molecule has 0 atom stereocenters. The summed E-state index contributed by atoms with van der Waals surface area (Å²) in [5.74, 6) is -4.31. The van der Waals surface area contributed by atoms with Crippen molar-refractivity contribution in [2.24, 2.45) is 0 Å². The number of carboxylic acids is 4. The Bertz CT molecular complexity index is 228. The number of hydrogen-bond donors (Lipinski definition) is 4. The van der Waals surface area contributed by atoms with E-state index in [0.29, 0.717) is 0 Å². The molecule has 0 heterocycles. The molecule has 0 spiro atoms. The van der Waals surface area contributed by atoms with E-state index in [1.807, 2.05) is 0 Å². The number of carboxylic acid groups (broad SMARTS) is 4. The lowest BCUT2D eigenvalue weighted by Crippen LogP contribution is -2.00. The molecule has 0 unspecified atom stereocenters. The monoisotopic (exact) mass is 264 g/mol. The second-order valence-corrected chi connectivity index (χ2v) is 2.57. The predicted molar refractivity (Wildman–Crippen MR) is 60.3 cm³/mol. The fourth-order valence-corrected chi connectivity index (χ4v) is 0.428. The van der Waals surface area contributed by atoms with Crippen LogP contribution in [0.5, 0.6) is 0 Å². The molecule has 18 heavy (non-hydrogen) atoms. The molecule has 4 N–H and O–H groups in total. The number of rotatable bonds is 6. The van der Waals surface area contributed by atoms with Crippen LogP contribution >= 0.6 is 0 Å². The number of carbonyl (C=O) groups is 4. The Kier molecular flexibility index (Phi) is 17.0. The molecule has 0 aliphatic heterocycles. The van der Waals surface area contributed by atoms with Crippen LogP contribution in [0.3, 0.4) is 0 Å². The molecule has 0 bridgehead atoms. The SMILES string of the molecule is C=C.O=C(O)CCC(=O)O.O=C(O)CCC(=O)O. The van der Waals surface area contributed by atoms with Gasteiger partial charge in [0.25, 0.3) is 0 Å². The molecule has 0 saturated carbocycles. The van der Waals surface area contributed by atoms with E-state index in [2.05, 4.69) is 13.2 Å². The van der Waals surface area contributed by atoms with Gasteiger partial charge in [0.05, 0.1) is 25.7 Å². The van der Waals surface area contributed by atoms with Gasteiger partial charge in [-0.15, -0.1) is 13.2 Å². The van der Waals surface area contributed by atoms with Crippen LogP contribution in [0.2, 0.25) is 0 Å². The van der Waals surface area contributed by atoms with Gasteiger partial charge in [0.15, 0.2) is 0 Å². The van der Waals surface area contributed by atoms with E-state index in [9.17, 15) is 19.2 Å². The Morgan fingerprint density at radius 1 is 0.556 bits per heavy atom. The van der Waals surface area contributed by atoms with Crippen LogP contribution in [-0.2, 0) is 19.2 Å². The molecular weight excluding hydrogens is 248 g/mol. The minimum absolute atomic E-state index is 0.296. The van der Waals surface area contributed by atoms with E-state index in [0.717, 1.165) is 0 Å². The van der Waals surface area contributed by atoms with E-state index in [1.54, 1.807) is 0 Å². The predicted octanol–water partition coefficient (Wildman–Crippen LogP) is 0.674. The van der Waals surface area contributed by atoms with E-state index >= 15 is 0 Å². The highest BCUT2D eigenvalue weighted by Crippen LogP contribution is 1.86. The summed E-state index contributed by atoms with van der Waals surface area (Å²) < 4.78 is 0. The van der Waals surface area contributed by atoms with Gasteiger partial charge in [-0.2, -0.15) is 0 Å². The van der Waals surface area contributed by atoms with Crippen LogP contribution in [0.15, 0.2) is 13.2 Å². The second-order valence-electron chi connectivity index (χ2n) is 2.57. The van der Waals surface area contributed by atoms with Crippen LogP contribution in [0.25, 0.3) is 0 Å². The summed E-state index contributed by atoms with van der Waals surface area (Å²) in [5, 5.41) is 31.6. The zero-order chi connectivity index (χ0) is 15.1. The molecule has 0 aromatic rings. The molecule has 0 aliphatic rings. The van der Waals surface area contributed by atoms with Gasteiger partial charge in [-0.3, -0.25) is 19.2 Å². The smallest absolute Gasteiger partial charge is 0.303 e. The Morgan fingerprint density at radius 2 is 0.667 bits per heavy atom. The second kappa shape index (κ2) is 14.6. The van der Waals surface area contributed by atoms with Crippen molar-refractivity contribution in [3.05, 3.63) is 13.2 Å². The van der Waals surface area contributed by atoms with Gasteiger partial charge < -0.3 is 20.4 Å². The molecule has 0 radical (unpaired) electrons. The van der Waals surface area contributed by atoms with Gasteiger partial charge in [-0.05, 0) is 0 Å². The van der Waals surface area contributed by atoms with Crippen molar-refractivity contribution in [2.75, 3.05) is 0 Å². The highest BCUT2D eigenvalue weighted by atomic mass is 16.4. The molecule has 0 amide bonds.